The topological polar surface area (TPSA) is 3.24 Å². The molecule has 0 aliphatic carbocycles. The first kappa shape index (κ1) is 26.2. The average molecular weight is 390 g/mol. The van der Waals surface area contributed by atoms with Gasteiger partial charge in [0.05, 0.1) is 0 Å². The number of benzene rings is 2. The van der Waals surface area contributed by atoms with E-state index in [9.17, 15) is 0 Å². The Morgan fingerprint density at radius 1 is 0.828 bits per heavy atom. The molecule has 0 radical (unpaired) electrons. The predicted molar refractivity (Wildman–Crippen MR) is 134 cm³/mol. The Bertz CT molecular complexity index is 775. The number of anilines is 1. The van der Waals surface area contributed by atoms with Gasteiger partial charge in [-0.2, -0.15) is 0 Å². The SMILES string of the molecule is C/C=C\C(=C/C)N(C)c1ccccc1.C/C=C\C=C(/C)c1ccc(C)cc1.CC. The van der Waals surface area contributed by atoms with Gasteiger partial charge in [-0.15, -0.1) is 0 Å². The normalized spacial score (nSPS) is 11.6. The number of rotatable bonds is 5. The second-order valence-corrected chi connectivity index (χ2v) is 6.35. The summed E-state index contributed by atoms with van der Waals surface area (Å²) >= 11 is 0. The third-order valence-corrected chi connectivity index (χ3v) is 4.21. The van der Waals surface area contributed by atoms with Crippen LogP contribution in [0.3, 0.4) is 0 Å². The van der Waals surface area contributed by atoms with Gasteiger partial charge in [0.25, 0.3) is 0 Å². The maximum Gasteiger partial charge on any atom is 0.0407 e. The number of likely N-dealkylation sites (N-methyl/N-ethyl adjacent to an activating group) is 1. The Kier molecular flexibility index (Phi) is 14.6. The van der Waals surface area contributed by atoms with Gasteiger partial charge >= 0.3 is 0 Å². The summed E-state index contributed by atoms with van der Waals surface area (Å²) in [7, 11) is 2.07. The van der Waals surface area contributed by atoms with Crippen molar-refractivity contribution in [3.8, 4) is 0 Å². The zero-order valence-corrected chi connectivity index (χ0v) is 19.6. The fourth-order valence-corrected chi connectivity index (χ4v) is 2.53. The summed E-state index contributed by atoms with van der Waals surface area (Å²) in [4.78, 5) is 2.17. The number of para-hydroxylation sites is 1. The molecule has 0 saturated heterocycles. The summed E-state index contributed by atoms with van der Waals surface area (Å²) in [5.74, 6) is 0. The van der Waals surface area contributed by atoms with Gasteiger partial charge in [0.2, 0.25) is 0 Å². The third kappa shape index (κ3) is 10.4. The van der Waals surface area contributed by atoms with Crippen LogP contribution >= 0.6 is 0 Å². The Balaban J connectivity index is 0.000000499. The summed E-state index contributed by atoms with van der Waals surface area (Å²) in [6.45, 7) is 14.3. The van der Waals surface area contributed by atoms with E-state index in [2.05, 4.69) is 112 Å². The zero-order valence-electron chi connectivity index (χ0n) is 19.6. The van der Waals surface area contributed by atoms with E-state index < -0.39 is 0 Å². The molecule has 2 aromatic rings. The molecule has 0 heterocycles. The Hall–Kier alpha value is -2.80. The van der Waals surface area contributed by atoms with Gasteiger partial charge in [-0.05, 0) is 64.0 Å². The number of aryl methyl sites for hydroxylation is 1. The molecular formula is C28H39N. The first-order valence-corrected chi connectivity index (χ1v) is 10.5. The molecule has 0 bridgehead atoms. The van der Waals surface area contributed by atoms with E-state index in [1.807, 2.05) is 39.8 Å². The number of hydrogen-bond acceptors (Lipinski definition) is 1. The van der Waals surface area contributed by atoms with Crippen LogP contribution in [0.1, 0.15) is 52.7 Å². The van der Waals surface area contributed by atoms with Crippen molar-refractivity contribution in [1.82, 2.24) is 0 Å². The van der Waals surface area contributed by atoms with E-state index in [1.54, 1.807) is 0 Å². The molecule has 0 amide bonds. The Labute approximate surface area is 179 Å². The molecular weight excluding hydrogens is 350 g/mol. The first-order valence-electron chi connectivity index (χ1n) is 10.5. The molecule has 0 spiro atoms. The average Bonchev–Trinajstić information content (AvgIpc) is 2.78. The highest BCUT2D eigenvalue weighted by Gasteiger charge is 2.01. The van der Waals surface area contributed by atoms with Crippen LogP contribution in [0.2, 0.25) is 0 Å². The lowest BCUT2D eigenvalue weighted by atomic mass is 10.1. The largest absolute Gasteiger partial charge is 0.345 e. The van der Waals surface area contributed by atoms with Crippen LogP contribution in [-0.4, -0.2) is 7.05 Å². The molecule has 29 heavy (non-hydrogen) atoms. The van der Waals surface area contributed by atoms with Gasteiger partial charge < -0.3 is 4.90 Å². The summed E-state index contributed by atoms with van der Waals surface area (Å²) in [6, 6.07) is 18.9. The third-order valence-electron chi connectivity index (χ3n) is 4.21. The molecule has 0 saturated carbocycles. The molecule has 0 N–H and O–H groups in total. The van der Waals surface area contributed by atoms with Gasteiger partial charge in [0.1, 0.15) is 0 Å². The van der Waals surface area contributed by atoms with E-state index in [1.165, 1.54) is 28.1 Å². The Morgan fingerprint density at radius 2 is 1.41 bits per heavy atom. The highest BCUT2D eigenvalue weighted by atomic mass is 15.1. The van der Waals surface area contributed by atoms with E-state index in [4.69, 9.17) is 0 Å². The lowest BCUT2D eigenvalue weighted by Crippen LogP contribution is -2.14. The fourth-order valence-electron chi connectivity index (χ4n) is 2.53. The number of nitrogens with zero attached hydrogens (tertiary/aromatic N) is 1. The number of allylic oxidation sites excluding steroid dienone is 7. The van der Waals surface area contributed by atoms with Gasteiger partial charge in [0.15, 0.2) is 0 Å². The highest BCUT2D eigenvalue weighted by molar-refractivity contribution is 5.65. The van der Waals surface area contributed by atoms with Crippen LogP contribution in [0.15, 0.2) is 96.8 Å². The van der Waals surface area contributed by atoms with Crippen molar-refractivity contribution in [2.45, 2.75) is 48.5 Å². The number of hydrogen-bond donors (Lipinski definition) is 0. The molecule has 2 rings (SSSR count). The van der Waals surface area contributed by atoms with Crippen molar-refractivity contribution >= 4 is 11.3 Å². The second kappa shape index (κ2) is 16.2. The minimum absolute atomic E-state index is 1.21. The standard InChI is InChI=1S/C13H17N.C13H16.C2H6/c1-4-9-12(5-2)14(3)13-10-7-6-8-11-13;1-4-5-6-12(3)13-9-7-11(2)8-10-13;1-2/h4-11H,1-3H3;4-10H,1-3H3;1-2H3/b9-4-,12-5+;5-4-,12-6+;. The maximum absolute atomic E-state index is 2.17. The molecule has 1 nitrogen and oxygen atoms in total. The van der Waals surface area contributed by atoms with Crippen molar-refractivity contribution < 1.29 is 0 Å². The molecule has 0 aliphatic heterocycles. The van der Waals surface area contributed by atoms with Crippen LogP contribution in [0.4, 0.5) is 5.69 Å². The first-order chi connectivity index (χ1) is 14.0. The molecule has 0 atom stereocenters. The second-order valence-electron chi connectivity index (χ2n) is 6.35. The Morgan fingerprint density at radius 3 is 1.90 bits per heavy atom. The quantitative estimate of drug-likeness (QED) is 0.463. The molecule has 0 unspecified atom stereocenters. The highest BCUT2D eigenvalue weighted by Crippen LogP contribution is 2.17. The van der Waals surface area contributed by atoms with E-state index in [0.717, 1.165) is 0 Å². The summed E-state index contributed by atoms with van der Waals surface area (Å²) < 4.78 is 0. The smallest absolute Gasteiger partial charge is 0.0407 e. The summed E-state index contributed by atoms with van der Waals surface area (Å²) in [6.07, 6.45) is 12.5. The fraction of sp³-hybridized carbons (Fsp3) is 0.286. The predicted octanol–water partition coefficient (Wildman–Crippen LogP) is 8.60. The van der Waals surface area contributed by atoms with E-state index in [0.29, 0.717) is 0 Å². The molecule has 2 aromatic carbocycles. The summed E-state index contributed by atoms with van der Waals surface area (Å²) in [5, 5.41) is 0. The summed E-state index contributed by atoms with van der Waals surface area (Å²) in [5.41, 5.74) is 6.32. The molecule has 0 fully saturated rings. The van der Waals surface area contributed by atoms with Gasteiger partial charge in [-0.1, -0.05) is 92.3 Å². The van der Waals surface area contributed by atoms with Crippen LogP contribution in [-0.2, 0) is 0 Å². The van der Waals surface area contributed by atoms with Crippen LogP contribution < -0.4 is 4.90 Å². The van der Waals surface area contributed by atoms with Crippen molar-refractivity contribution in [3.63, 3.8) is 0 Å². The lowest BCUT2D eigenvalue weighted by molar-refractivity contribution is 1.13. The van der Waals surface area contributed by atoms with Crippen LogP contribution in [0.25, 0.3) is 5.57 Å². The minimum Gasteiger partial charge on any atom is -0.345 e. The van der Waals surface area contributed by atoms with Crippen molar-refractivity contribution in [2.24, 2.45) is 0 Å². The van der Waals surface area contributed by atoms with Crippen molar-refractivity contribution in [1.29, 1.82) is 0 Å². The van der Waals surface area contributed by atoms with Crippen LogP contribution in [0, 0.1) is 6.92 Å². The minimum atomic E-state index is 1.21. The van der Waals surface area contributed by atoms with Gasteiger partial charge in [-0.3, -0.25) is 0 Å². The van der Waals surface area contributed by atoms with E-state index >= 15 is 0 Å². The molecule has 0 aromatic heterocycles. The van der Waals surface area contributed by atoms with Crippen molar-refractivity contribution in [2.75, 3.05) is 11.9 Å². The molecule has 1 heteroatoms. The lowest BCUT2D eigenvalue weighted by Gasteiger charge is -2.20. The van der Waals surface area contributed by atoms with E-state index in [-0.39, 0.29) is 0 Å². The van der Waals surface area contributed by atoms with Gasteiger partial charge in [0, 0.05) is 18.4 Å². The molecule has 156 valence electrons. The monoisotopic (exact) mass is 389 g/mol. The van der Waals surface area contributed by atoms with Gasteiger partial charge in [-0.25, -0.2) is 0 Å². The van der Waals surface area contributed by atoms with Crippen molar-refractivity contribution in [3.05, 3.63) is 108 Å². The molecule has 0 aliphatic rings. The van der Waals surface area contributed by atoms with Crippen LogP contribution in [0.5, 0.6) is 0 Å². The maximum atomic E-state index is 2.17. The zero-order chi connectivity index (χ0) is 22.1.